The first-order valence-electron chi connectivity index (χ1n) is 8.04. The minimum Gasteiger partial charge on any atom is -0.467 e. The van der Waals surface area contributed by atoms with Crippen molar-refractivity contribution >= 4 is 34.4 Å². The van der Waals surface area contributed by atoms with Crippen molar-refractivity contribution in [3.8, 4) is 0 Å². The molecule has 0 radical (unpaired) electrons. The summed E-state index contributed by atoms with van der Waals surface area (Å²) in [4.78, 5) is 29.6. The highest BCUT2D eigenvalue weighted by atomic mass is 32.1. The number of nitrogens with zero attached hydrogens (tertiary/aromatic N) is 1. The molecule has 25 heavy (non-hydrogen) atoms. The van der Waals surface area contributed by atoms with Crippen LogP contribution >= 0.6 is 22.7 Å². The van der Waals surface area contributed by atoms with Gasteiger partial charge >= 0.3 is 0 Å². The van der Waals surface area contributed by atoms with E-state index in [1.165, 1.54) is 11.3 Å². The van der Waals surface area contributed by atoms with Crippen molar-refractivity contribution in [2.24, 2.45) is 0 Å². The minimum atomic E-state index is -0.0357. The number of hydrogen-bond donors (Lipinski definition) is 0. The fraction of sp³-hybridized carbons (Fsp3) is 0.263. The van der Waals surface area contributed by atoms with Crippen molar-refractivity contribution in [1.29, 1.82) is 0 Å². The zero-order valence-electron chi connectivity index (χ0n) is 13.9. The predicted molar refractivity (Wildman–Crippen MR) is 99.9 cm³/mol. The van der Waals surface area contributed by atoms with Crippen LogP contribution < -0.4 is 0 Å². The van der Waals surface area contributed by atoms with Gasteiger partial charge in [0.05, 0.1) is 24.2 Å². The molecule has 0 aliphatic rings. The molecule has 0 bridgehead atoms. The lowest BCUT2D eigenvalue weighted by Gasteiger charge is -2.21. The average Bonchev–Trinajstić information content (AvgIpc) is 3.34. The van der Waals surface area contributed by atoms with E-state index >= 15 is 0 Å². The molecule has 130 valence electrons. The number of hydrogen-bond acceptors (Lipinski definition) is 5. The molecule has 4 nitrogen and oxygen atoms in total. The second-order valence-electron chi connectivity index (χ2n) is 5.74. The summed E-state index contributed by atoms with van der Waals surface area (Å²) in [6, 6.07) is 11.4. The molecule has 0 unspecified atom stereocenters. The summed E-state index contributed by atoms with van der Waals surface area (Å²) in [6.45, 7) is 2.91. The molecule has 0 saturated carbocycles. The van der Waals surface area contributed by atoms with Gasteiger partial charge in [0.1, 0.15) is 5.76 Å². The van der Waals surface area contributed by atoms with Crippen LogP contribution in [0.1, 0.15) is 38.0 Å². The maximum absolute atomic E-state index is 12.7. The zero-order chi connectivity index (χ0) is 17.6. The maximum atomic E-state index is 12.7. The van der Waals surface area contributed by atoms with Gasteiger partial charge in [-0.1, -0.05) is 6.07 Å². The lowest BCUT2D eigenvalue weighted by Crippen LogP contribution is -2.29. The van der Waals surface area contributed by atoms with Crippen LogP contribution in [0.5, 0.6) is 0 Å². The molecule has 0 N–H and O–H groups in total. The number of carbonyl (C=O) groups is 2. The van der Waals surface area contributed by atoms with Gasteiger partial charge in [0, 0.05) is 22.6 Å². The van der Waals surface area contributed by atoms with Gasteiger partial charge in [0.15, 0.2) is 5.78 Å². The van der Waals surface area contributed by atoms with Crippen molar-refractivity contribution in [3.05, 3.63) is 68.4 Å². The van der Waals surface area contributed by atoms with Crippen LogP contribution in [0.3, 0.4) is 0 Å². The minimum absolute atomic E-state index is 0.0283. The molecular formula is C19H19NO3S2. The highest BCUT2D eigenvalue weighted by Gasteiger charge is 2.18. The van der Waals surface area contributed by atoms with E-state index in [1.807, 2.05) is 48.7 Å². The number of furan rings is 1. The number of ketones is 1. The molecule has 0 aliphatic carbocycles. The first-order chi connectivity index (χ1) is 12.1. The second kappa shape index (κ2) is 8.27. The Morgan fingerprint density at radius 3 is 2.60 bits per heavy atom. The van der Waals surface area contributed by atoms with E-state index in [2.05, 4.69) is 0 Å². The SMILES string of the molecule is Cc1ccc(C(=O)CCC(=O)N(Cc2ccco2)Cc2cccs2)s1. The Balaban J connectivity index is 1.62. The van der Waals surface area contributed by atoms with Gasteiger partial charge in [-0.25, -0.2) is 0 Å². The van der Waals surface area contributed by atoms with Crippen LogP contribution in [0.15, 0.2) is 52.5 Å². The summed E-state index contributed by atoms with van der Waals surface area (Å²) in [7, 11) is 0. The second-order valence-corrected chi connectivity index (χ2v) is 8.06. The van der Waals surface area contributed by atoms with Gasteiger partial charge in [0.25, 0.3) is 0 Å². The third-order valence-electron chi connectivity index (χ3n) is 3.79. The Morgan fingerprint density at radius 1 is 1.08 bits per heavy atom. The van der Waals surface area contributed by atoms with Gasteiger partial charge < -0.3 is 9.32 Å². The third-order valence-corrected chi connectivity index (χ3v) is 5.69. The Morgan fingerprint density at radius 2 is 1.96 bits per heavy atom. The molecule has 0 spiro atoms. The Kier molecular flexibility index (Phi) is 5.83. The summed E-state index contributed by atoms with van der Waals surface area (Å²) < 4.78 is 5.38. The molecule has 3 aromatic heterocycles. The zero-order valence-corrected chi connectivity index (χ0v) is 15.6. The fourth-order valence-corrected chi connectivity index (χ4v) is 4.05. The van der Waals surface area contributed by atoms with E-state index in [9.17, 15) is 9.59 Å². The smallest absolute Gasteiger partial charge is 0.223 e. The molecular weight excluding hydrogens is 354 g/mol. The number of carbonyl (C=O) groups excluding carboxylic acids is 2. The van der Waals surface area contributed by atoms with E-state index in [0.29, 0.717) is 13.1 Å². The summed E-state index contributed by atoms with van der Waals surface area (Å²) in [5.41, 5.74) is 0. The lowest BCUT2D eigenvalue weighted by molar-refractivity contribution is -0.132. The number of Topliss-reactive ketones (excluding diaryl/α,β-unsaturated/α-hetero) is 1. The molecule has 0 saturated heterocycles. The van der Waals surface area contributed by atoms with E-state index in [1.54, 1.807) is 22.5 Å². The summed E-state index contributed by atoms with van der Waals surface area (Å²) in [5, 5.41) is 1.99. The van der Waals surface area contributed by atoms with Crippen molar-refractivity contribution in [2.75, 3.05) is 0 Å². The van der Waals surface area contributed by atoms with Crippen LogP contribution in [0, 0.1) is 6.92 Å². The topological polar surface area (TPSA) is 50.5 Å². The van der Waals surface area contributed by atoms with E-state index in [4.69, 9.17) is 4.42 Å². The summed E-state index contributed by atoms with van der Waals surface area (Å²) in [6.07, 6.45) is 2.05. The van der Waals surface area contributed by atoms with Crippen molar-refractivity contribution in [2.45, 2.75) is 32.9 Å². The first kappa shape index (κ1) is 17.6. The van der Waals surface area contributed by atoms with E-state index < -0.39 is 0 Å². The van der Waals surface area contributed by atoms with Gasteiger partial charge in [-0.05, 0) is 42.6 Å². The third kappa shape index (κ3) is 4.90. The van der Waals surface area contributed by atoms with Crippen LogP contribution in [0.4, 0.5) is 0 Å². The van der Waals surface area contributed by atoms with Crippen LogP contribution in [-0.4, -0.2) is 16.6 Å². The van der Waals surface area contributed by atoms with Gasteiger partial charge in [0.2, 0.25) is 5.91 Å². The van der Waals surface area contributed by atoms with Crippen LogP contribution in [0.25, 0.3) is 0 Å². The summed E-state index contributed by atoms with van der Waals surface area (Å²) >= 11 is 3.09. The number of amides is 1. The van der Waals surface area contributed by atoms with Crippen molar-refractivity contribution in [1.82, 2.24) is 4.90 Å². The monoisotopic (exact) mass is 373 g/mol. The molecule has 3 heterocycles. The average molecular weight is 373 g/mol. The highest BCUT2D eigenvalue weighted by molar-refractivity contribution is 7.14. The van der Waals surface area contributed by atoms with Gasteiger partial charge in [-0.2, -0.15) is 0 Å². The standard InChI is InChI=1S/C19H19NO3S2/c1-14-6-8-18(25-14)17(21)7-9-19(22)20(12-15-4-2-10-23-15)13-16-5-3-11-24-16/h2-6,8,10-11H,7,9,12-13H2,1H3. The highest BCUT2D eigenvalue weighted by Crippen LogP contribution is 2.19. The van der Waals surface area contributed by atoms with E-state index in [-0.39, 0.29) is 24.5 Å². The molecule has 0 aromatic carbocycles. The first-order valence-corrected chi connectivity index (χ1v) is 9.73. The van der Waals surface area contributed by atoms with Crippen LogP contribution in [0.2, 0.25) is 0 Å². The molecule has 1 amide bonds. The number of thiophene rings is 2. The van der Waals surface area contributed by atoms with Crippen molar-refractivity contribution < 1.29 is 14.0 Å². The Labute approximate surface area is 154 Å². The molecule has 0 fully saturated rings. The van der Waals surface area contributed by atoms with Crippen molar-refractivity contribution in [3.63, 3.8) is 0 Å². The maximum Gasteiger partial charge on any atom is 0.223 e. The largest absolute Gasteiger partial charge is 0.467 e. The molecule has 3 aromatic rings. The normalized spacial score (nSPS) is 10.8. The van der Waals surface area contributed by atoms with Gasteiger partial charge in [-0.3, -0.25) is 9.59 Å². The summed E-state index contributed by atoms with van der Waals surface area (Å²) in [5.74, 6) is 0.733. The molecule has 0 aliphatic heterocycles. The fourth-order valence-electron chi connectivity index (χ4n) is 2.50. The molecule has 6 heteroatoms. The Hall–Kier alpha value is -2.18. The Bertz CT molecular complexity index is 783. The predicted octanol–water partition coefficient (Wildman–Crippen LogP) is 4.90. The number of aryl methyl sites for hydroxylation is 1. The molecule has 3 rings (SSSR count). The van der Waals surface area contributed by atoms with Gasteiger partial charge in [-0.15, -0.1) is 22.7 Å². The molecule has 0 atom stereocenters. The lowest BCUT2D eigenvalue weighted by atomic mass is 10.1. The quantitative estimate of drug-likeness (QED) is 0.528. The van der Waals surface area contributed by atoms with E-state index in [0.717, 1.165) is 20.4 Å². The van der Waals surface area contributed by atoms with Crippen LogP contribution in [-0.2, 0) is 17.9 Å². The number of rotatable bonds is 8.